The Bertz CT molecular complexity index is 667. The number of carbonyl (C=O) groups excluding carboxylic acids is 1. The zero-order valence-corrected chi connectivity index (χ0v) is 16.0. The third kappa shape index (κ3) is 5.03. The van der Waals surface area contributed by atoms with Crippen LogP contribution in [0, 0.1) is 0 Å². The molecule has 1 aromatic rings. The Morgan fingerprint density at radius 3 is 2.36 bits per heavy atom. The molecule has 0 aromatic heterocycles. The van der Waals surface area contributed by atoms with Crippen molar-refractivity contribution < 1.29 is 13.2 Å². The number of sulfonamides is 1. The van der Waals surface area contributed by atoms with Crippen molar-refractivity contribution in [2.45, 2.75) is 50.0 Å². The van der Waals surface area contributed by atoms with Gasteiger partial charge in [0.1, 0.15) is 0 Å². The van der Waals surface area contributed by atoms with Gasteiger partial charge in [-0.15, -0.1) is 0 Å². The molecule has 1 heterocycles. The lowest BCUT2D eigenvalue weighted by atomic mass is 10.1. The molecule has 25 heavy (non-hydrogen) atoms. The molecule has 0 saturated carbocycles. The first-order valence-corrected chi connectivity index (χ1v) is 10.3. The zero-order chi connectivity index (χ0) is 18.4. The molecule has 2 rings (SSSR count). The van der Waals surface area contributed by atoms with Gasteiger partial charge in [-0.1, -0.05) is 18.6 Å². The van der Waals surface area contributed by atoms with E-state index in [1.165, 1.54) is 0 Å². The van der Waals surface area contributed by atoms with Crippen molar-refractivity contribution in [1.29, 1.82) is 0 Å². The van der Waals surface area contributed by atoms with Gasteiger partial charge in [0.05, 0.1) is 4.90 Å². The predicted molar refractivity (Wildman–Crippen MR) is 98.7 cm³/mol. The largest absolute Gasteiger partial charge is 0.342 e. The topological polar surface area (TPSA) is 83.7 Å². The lowest BCUT2D eigenvalue weighted by molar-refractivity contribution is -0.131. The molecule has 1 fully saturated rings. The molecule has 7 heteroatoms. The molecule has 6 nitrogen and oxygen atoms in total. The smallest absolute Gasteiger partial charge is 0.243 e. The van der Waals surface area contributed by atoms with E-state index in [9.17, 15) is 13.2 Å². The van der Waals surface area contributed by atoms with Crippen LogP contribution in [0.3, 0.4) is 0 Å². The van der Waals surface area contributed by atoms with Crippen molar-refractivity contribution >= 4 is 15.9 Å². The first-order valence-electron chi connectivity index (χ1n) is 8.91. The van der Waals surface area contributed by atoms with Gasteiger partial charge in [-0.3, -0.25) is 4.79 Å². The molecule has 1 aliphatic rings. The van der Waals surface area contributed by atoms with E-state index in [-0.39, 0.29) is 11.9 Å². The molecular weight excluding hydrogens is 338 g/mol. The van der Waals surface area contributed by atoms with Crippen molar-refractivity contribution in [3.63, 3.8) is 0 Å². The highest BCUT2D eigenvalue weighted by Crippen LogP contribution is 2.21. The van der Waals surface area contributed by atoms with E-state index >= 15 is 0 Å². The van der Waals surface area contributed by atoms with E-state index in [0.29, 0.717) is 37.4 Å². The van der Waals surface area contributed by atoms with Crippen LogP contribution in [0.15, 0.2) is 29.2 Å². The van der Waals surface area contributed by atoms with Crippen LogP contribution in [0.4, 0.5) is 0 Å². The molecule has 1 aromatic carbocycles. The number of nitrogens with zero attached hydrogens (tertiary/aromatic N) is 2. The predicted octanol–water partition coefficient (Wildman–Crippen LogP) is 1.60. The fourth-order valence-electron chi connectivity index (χ4n) is 2.91. The van der Waals surface area contributed by atoms with Crippen LogP contribution in [0.5, 0.6) is 0 Å². The standard InChI is InChI=1S/C18H29N3O3S/c1-15(14-19)20(2)18(22)11-8-16-6-9-17(10-7-16)25(23,24)21-12-4-3-5-13-21/h6-7,9-10,15H,3-5,8,11-14,19H2,1-2H3. The number of amides is 1. The molecule has 140 valence electrons. The number of piperidine rings is 1. The second-order valence-electron chi connectivity index (χ2n) is 6.70. The van der Waals surface area contributed by atoms with E-state index < -0.39 is 10.0 Å². The van der Waals surface area contributed by atoms with Gasteiger partial charge < -0.3 is 10.6 Å². The summed E-state index contributed by atoms with van der Waals surface area (Å²) in [4.78, 5) is 14.1. The van der Waals surface area contributed by atoms with Gasteiger partial charge in [0.25, 0.3) is 0 Å². The van der Waals surface area contributed by atoms with Gasteiger partial charge in [-0.05, 0) is 43.9 Å². The number of benzene rings is 1. The number of hydrogen-bond donors (Lipinski definition) is 1. The van der Waals surface area contributed by atoms with Crippen molar-refractivity contribution in [1.82, 2.24) is 9.21 Å². The van der Waals surface area contributed by atoms with Crippen molar-refractivity contribution in [3.8, 4) is 0 Å². The molecule has 0 bridgehead atoms. The summed E-state index contributed by atoms with van der Waals surface area (Å²) in [5.74, 6) is 0.0444. The SMILES string of the molecule is CC(CN)N(C)C(=O)CCc1ccc(S(=O)(=O)N2CCCCC2)cc1. The lowest BCUT2D eigenvalue weighted by Gasteiger charge is -2.26. The number of rotatable bonds is 7. The molecular formula is C18H29N3O3S. The molecule has 0 radical (unpaired) electrons. The Balaban J connectivity index is 1.96. The van der Waals surface area contributed by atoms with E-state index in [1.54, 1.807) is 40.5 Å². The van der Waals surface area contributed by atoms with Crippen LogP contribution in [-0.4, -0.2) is 56.3 Å². The summed E-state index contributed by atoms with van der Waals surface area (Å²) in [6, 6.07) is 6.92. The minimum atomic E-state index is -3.39. The Hall–Kier alpha value is -1.44. The minimum Gasteiger partial charge on any atom is -0.342 e. The normalized spacial score (nSPS) is 17.2. The highest BCUT2D eigenvalue weighted by Gasteiger charge is 2.25. The fourth-order valence-corrected chi connectivity index (χ4v) is 4.43. The summed E-state index contributed by atoms with van der Waals surface area (Å²) in [6.07, 6.45) is 3.92. The molecule has 1 amide bonds. The summed E-state index contributed by atoms with van der Waals surface area (Å²) in [6.45, 7) is 3.55. The molecule has 1 saturated heterocycles. The molecule has 1 atom stereocenters. The minimum absolute atomic E-state index is 0.0181. The second-order valence-corrected chi connectivity index (χ2v) is 8.64. The number of aryl methyl sites for hydroxylation is 1. The first kappa shape index (κ1) is 19.9. The van der Waals surface area contributed by atoms with Crippen molar-refractivity contribution in [3.05, 3.63) is 29.8 Å². The number of nitrogens with two attached hydrogens (primary N) is 1. The summed E-state index contributed by atoms with van der Waals surface area (Å²) in [5.41, 5.74) is 6.54. The van der Waals surface area contributed by atoms with Crippen LogP contribution >= 0.6 is 0 Å². The van der Waals surface area contributed by atoms with Gasteiger partial charge >= 0.3 is 0 Å². The maximum absolute atomic E-state index is 12.6. The molecule has 1 unspecified atom stereocenters. The van der Waals surface area contributed by atoms with Crippen molar-refractivity contribution in [2.24, 2.45) is 5.73 Å². The fraction of sp³-hybridized carbons (Fsp3) is 0.611. The number of hydrogen-bond acceptors (Lipinski definition) is 4. The molecule has 1 aliphatic heterocycles. The molecule has 0 spiro atoms. The quantitative estimate of drug-likeness (QED) is 0.793. The number of carbonyl (C=O) groups is 1. The average molecular weight is 368 g/mol. The Labute approximate surface area is 151 Å². The summed E-state index contributed by atoms with van der Waals surface area (Å²) < 4.78 is 26.8. The van der Waals surface area contributed by atoms with Crippen LogP contribution in [-0.2, 0) is 21.2 Å². The zero-order valence-electron chi connectivity index (χ0n) is 15.1. The van der Waals surface area contributed by atoms with E-state index in [4.69, 9.17) is 5.73 Å². The third-order valence-electron chi connectivity index (χ3n) is 4.90. The Morgan fingerprint density at radius 2 is 1.80 bits per heavy atom. The maximum Gasteiger partial charge on any atom is 0.243 e. The monoisotopic (exact) mass is 367 g/mol. The molecule has 2 N–H and O–H groups in total. The summed E-state index contributed by atoms with van der Waals surface area (Å²) in [7, 11) is -1.64. The van der Waals surface area contributed by atoms with Crippen LogP contribution in [0.1, 0.15) is 38.2 Å². The summed E-state index contributed by atoms with van der Waals surface area (Å²) >= 11 is 0. The first-order chi connectivity index (χ1) is 11.9. The maximum atomic E-state index is 12.6. The highest BCUT2D eigenvalue weighted by molar-refractivity contribution is 7.89. The van der Waals surface area contributed by atoms with E-state index in [2.05, 4.69) is 0 Å². The van der Waals surface area contributed by atoms with Gasteiger partial charge in [-0.2, -0.15) is 4.31 Å². The number of likely N-dealkylation sites (N-methyl/N-ethyl adjacent to an activating group) is 1. The van der Waals surface area contributed by atoms with Gasteiger partial charge in [-0.25, -0.2) is 8.42 Å². The molecule has 0 aliphatic carbocycles. The van der Waals surface area contributed by atoms with Gasteiger partial charge in [0, 0.05) is 39.1 Å². The van der Waals surface area contributed by atoms with E-state index in [1.807, 2.05) is 6.92 Å². The summed E-state index contributed by atoms with van der Waals surface area (Å²) in [5, 5.41) is 0. The highest BCUT2D eigenvalue weighted by atomic mass is 32.2. The average Bonchev–Trinajstić information content (AvgIpc) is 2.65. The Morgan fingerprint density at radius 1 is 1.20 bits per heavy atom. The van der Waals surface area contributed by atoms with E-state index in [0.717, 1.165) is 24.8 Å². The third-order valence-corrected chi connectivity index (χ3v) is 6.81. The van der Waals surface area contributed by atoms with Crippen LogP contribution in [0.2, 0.25) is 0 Å². The van der Waals surface area contributed by atoms with Gasteiger partial charge in [0.15, 0.2) is 0 Å². The van der Waals surface area contributed by atoms with Crippen LogP contribution in [0.25, 0.3) is 0 Å². The van der Waals surface area contributed by atoms with Crippen molar-refractivity contribution in [2.75, 3.05) is 26.7 Å². The lowest BCUT2D eigenvalue weighted by Crippen LogP contribution is -2.39. The van der Waals surface area contributed by atoms with Gasteiger partial charge in [0.2, 0.25) is 15.9 Å². The Kier molecular flexibility index (Phi) is 6.98. The second kappa shape index (κ2) is 8.78. The van der Waals surface area contributed by atoms with Crippen LogP contribution < -0.4 is 5.73 Å².